The number of carbonyl (C=O) groups excluding carboxylic acids is 1. The van der Waals surface area contributed by atoms with Crippen LogP contribution in [0.25, 0.3) is 0 Å². The minimum Gasteiger partial charge on any atom is -0.399 e. The first-order chi connectivity index (χ1) is 7.56. The SMILES string of the molecule is COCC(=O)N(C)C(C)c1cccc(N)c1. The smallest absolute Gasteiger partial charge is 0.248 e. The lowest BCUT2D eigenvalue weighted by Gasteiger charge is -2.25. The van der Waals surface area contributed by atoms with Crippen molar-refractivity contribution in [3.05, 3.63) is 29.8 Å². The Hall–Kier alpha value is -1.55. The summed E-state index contributed by atoms with van der Waals surface area (Å²) in [5.41, 5.74) is 7.43. The Bertz CT molecular complexity index is 366. The van der Waals surface area contributed by atoms with E-state index >= 15 is 0 Å². The summed E-state index contributed by atoms with van der Waals surface area (Å²) in [5, 5.41) is 0. The van der Waals surface area contributed by atoms with Gasteiger partial charge < -0.3 is 15.4 Å². The predicted octanol–water partition coefficient (Wildman–Crippen LogP) is 1.43. The number of carbonyl (C=O) groups is 1. The largest absolute Gasteiger partial charge is 0.399 e. The summed E-state index contributed by atoms with van der Waals surface area (Å²) >= 11 is 0. The molecule has 2 N–H and O–H groups in total. The molecule has 1 aromatic carbocycles. The molecule has 4 heteroatoms. The van der Waals surface area contributed by atoms with E-state index in [9.17, 15) is 4.79 Å². The molecule has 1 atom stereocenters. The van der Waals surface area contributed by atoms with Crippen molar-refractivity contribution in [2.45, 2.75) is 13.0 Å². The van der Waals surface area contributed by atoms with Crippen LogP contribution in [0.2, 0.25) is 0 Å². The molecular weight excluding hydrogens is 204 g/mol. The summed E-state index contributed by atoms with van der Waals surface area (Å²) in [6.07, 6.45) is 0. The van der Waals surface area contributed by atoms with Crippen molar-refractivity contribution in [2.24, 2.45) is 0 Å². The van der Waals surface area contributed by atoms with Crippen LogP contribution in [0.5, 0.6) is 0 Å². The standard InChI is InChI=1S/C12H18N2O2/c1-9(14(2)12(15)8-16-3)10-5-4-6-11(13)7-10/h4-7,9H,8,13H2,1-3H3. The van der Waals surface area contributed by atoms with Gasteiger partial charge in [0.2, 0.25) is 5.91 Å². The summed E-state index contributed by atoms with van der Waals surface area (Å²) < 4.78 is 4.82. The zero-order valence-corrected chi connectivity index (χ0v) is 9.93. The predicted molar refractivity (Wildman–Crippen MR) is 63.9 cm³/mol. The molecule has 0 saturated heterocycles. The molecule has 0 heterocycles. The molecule has 1 rings (SSSR count). The van der Waals surface area contributed by atoms with Crippen molar-refractivity contribution in [2.75, 3.05) is 26.5 Å². The van der Waals surface area contributed by atoms with Gasteiger partial charge in [-0.15, -0.1) is 0 Å². The van der Waals surface area contributed by atoms with Gasteiger partial charge in [-0.25, -0.2) is 0 Å². The lowest BCUT2D eigenvalue weighted by atomic mass is 10.1. The van der Waals surface area contributed by atoms with Crippen molar-refractivity contribution < 1.29 is 9.53 Å². The molecule has 1 amide bonds. The molecule has 0 aliphatic heterocycles. The van der Waals surface area contributed by atoms with Gasteiger partial charge in [-0.05, 0) is 24.6 Å². The van der Waals surface area contributed by atoms with Gasteiger partial charge in [-0.2, -0.15) is 0 Å². The van der Waals surface area contributed by atoms with Gasteiger partial charge in [0.25, 0.3) is 0 Å². The fourth-order valence-corrected chi connectivity index (χ4v) is 1.48. The van der Waals surface area contributed by atoms with Crippen molar-refractivity contribution >= 4 is 11.6 Å². The first-order valence-corrected chi connectivity index (χ1v) is 5.16. The van der Waals surface area contributed by atoms with E-state index in [-0.39, 0.29) is 18.6 Å². The molecule has 0 aliphatic rings. The molecule has 1 unspecified atom stereocenters. The van der Waals surface area contributed by atoms with E-state index in [0.29, 0.717) is 5.69 Å². The highest BCUT2D eigenvalue weighted by atomic mass is 16.5. The third kappa shape index (κ3) is 2.97. The second kappa shape index (κ2) is 5.51. The Labute approximate surface area is 96.0 Å². The molecular formula is C12H18N2O2. The van der Waals surface area contributed by atoms with Crippen molar-refractivity contribution in [1.29, 1.82) is 0 Å². The third-order valence-corrected chi connectivity index (χ3v) is 2.64. The maximum Gasteiger partial charge on any atom is 0.248 e. The number of anilines is 1. The van der Waals surface area contributed by atoms with Crippen LogP contribution < -0.4 is 5.73 Å². The molecule has 88 valence electrons. The van der Waals surface area contributed by atoms with Gasteiger partial charge in [0.05, 0.1) is 6.04 Å². The maximum atomic E-state index is 11.6. The highest BCUT2D eigenvalue weighted by Crippen LogP contribution is 2.20. The fourth-order valence-electron chi connectivity index (χ4n) is 1.48. The molecule has 0 aliphatic carbocycles. The number of amides is 1. The Morgan fingerprint density at radius 2 is 2.25 bits per heavy atom. The zero-order chi connectivity index (χ0) is 12.1. The van der Waals surface area contributed by atoms with Crippen LogP contribution in [-0.2, 0) is 9.53 Å². The first-order valence-electron chi connectivity index (χ1n) is 5.16. The van der Waals surface area contributed by atoms with E-state index in [4.69, 9.17) is 10.5 Å². The number of ether oxygens (including phenoxy) is 1. The Morgan fingerprint density at radius 3 is 2.81 bits per heavy atom. The van der Waals surface area contributed by atoms with Gasteiger partial charge >= 0.3 is 0 Å². The summed E-state index contributed by atoms with van der Waals surface area (Å²) in [7, 11) is 3.27. The van der Waals surface area contributed by atoms with Crippen LogP contribution in [0.1, 0.15) is 18.5 Å². The molecule has 0 spiro atoms. The summed E-state index contributed by atoms with van der Waals surface area (Å²) in [4.78, 5) is 13.3. The molecule has 0 bridgehead atoms. The van der Waals surface area contributed by atoms with Crippen molar-refractivity contribution in [3.8, 4) is 0 Å². The molecule has 4 nitrogen and oxygen atoms in total. The number of nitrogen functional groups attached to an aromatic ring is 1. The molecule has 0 saturated carbocycles. The quantitative estimate of drug-likeness (QED) is 0.784. The number of rotatable bonds is 4. The van der Waals surface area contributed by atoms with Crippen LogP contribution in [0, 0.1) is 0 Å². The number of nitrogens with zero attached hydrogens (tertiary/aromatic N) is 1. The number of hydrogen-bond donors (Lipinski definition) is 1. The Kier molecular flexibility index (Phi) is 4.31. The average molecular weight is 222 g/mol. The number of benzene rings is 1. The van der Waals surface area contributed by atoms with Gasteiger partial charge in [0, 0.05) is 19.8 Å². The number of hydrogen-bond acceptors (Lipinski definition) is 3. The van der Waals surface area contributed by atoms with E-state index in [1.54, 1.807) is 11.9 Å². The molecule has 0 fully saturated rings. The third-order valence-electron chi connectivity index (χ3n) is 2.64. The highest BCUT2D eigenvalue weighted by molar-refractivity contribution is 5.77. The van der Waals surface area contributed by atoms with E-state index in [2.05, 4.69) is 0 Å². The molecule has 0 aromatic heterocycles. The van der Waals surface area contributed by atoms with Crippen LogP contribution >= 0.6 is 0 Å². The highest BCUT2D eigenvalue weighted by Gasteiger charge is 2.16. The topological polar surface area (TPSA) is 55.6 Å². The second-order valence-electron chi connectivity index (χ2n) is 3.78. The van der Waals surface area contributed by atoms with Crippen LogP contribution in [0.4, 0.5) is 5.69 Å². The molecule has 0 radical (unpaired) electrons. The van der Waals surface area contributed by atoms with Gasteiger partial charge in [-0.1, -0.05) is 12.1 Å². The Balaban J connectivity index is 2.77. The average Bonchev–Trinajstić information content (AvgIpc) is 2.27. The van der Waals surface area contributed by atoms with Gasteiger partial charge in [0.15, 0.2) is 0 Å². The number of nitrogens with two attached hydrogens (primary N) is 1. The fraction of sp³-hybridized carbons (Fsp3) is 0.417. The molecule has 1 aromatic rings. The van der Waals surface area contributed by atoms with Crippen LogP contribution in [0.3, 0.4) is 0 Å². The minimum absolute atomic E-state index is 0.00819. The van der Waals surface area contributed by atoms with Crippen LogP contribution in [0.15, 0.2) is 24.3 Å². The van der Waals surface area contributed by atoms with Crippen LogP contribution in [-0.4, -0.2) is 31.6 Å². The lowest BCUT2D eigenvalue weighted by Crippen LogP contribution is -2.32. The minimum atomic E-state index is -0.0441. The number of methoxy groups -OCH3 is 1. The number of likely N-dealkylation sites (N-methyl/N-ethyl adjacent to an activating group) is 1. The Morgan fingerprint density at radius 1 is 1.56 bits per heavy atom. The zero-order valence-electron chi connectivity index (χ0n) is 9.93. The second-order valence-corrected chi connectivity index (χ2v) is 3.78. The maximum absolute atomic E-state index is 11.6. The van der Waals surface area contributed by atoms with Gasteiger partial charge in [0.1, 0.15) is 6.61 Å². The van der Waals surface area contributed by atoms with E-state index in [1.807, 2.05) is 31.2 Å². The molecule has 16 heavy (non-hydrogen) atoms. The van der Waals surface area contributed by atoms with Crippen molar-refractivity contribution in [3.63, 3.8) is 0 Å². The lowest BCUT2D eigenvalue weighted by molar-refractivity contribution is -0.135. The first kappa shape index (κ1) is 12.5. The van der Waals surface area contributed by atoms with E-state index < -0.39 is 0 Å². The summed E-state index contributed by atoms with van der Waals surface area (Å²) in [6.45, 7) is 2.06. The van der Waals surface area contributed by atoms with E-state index in [1.165, 1.54) is 7.11 Å². The summed E-state index contributed by atoms with van der Waals surface area (Å²) in [5.74, 6) is -0.0441. The monoisotopic (exact) mass is 222 g/mol. The van der Waals surface area contributed by atoms with Crippen molar-refractivity contribution in [1.82, 2.24) is 4.90 Å². The van der Waals surface area contributed by atoms with E-state index in [0.717, 1.165) is 5.56 Å². The van der Waals surface area contributed by atoms with Gasteiger partial charge in [-0.3, -0.25) is 4.79 Å². The normalized spacial score (nSPS) is 12.2. The summed E-state index contributed by atoms with van der Waals surface area (Å²) in [6, 6.07) is 7.54.